The first-order valence-corrected chi connectivity index (χ1v) is 8.96. The van der Waals surface area contributed by atoms with Crippen molar-refractivity contribution in [3.05, 3.63) is 22.5 Å². The summed E-state index contributed by atoms with van der Waals surface area (Å²) >= 11 is 1.67. The Morgan fingerprint density at radius 3 is 3.00 bits per heavy atom. The molecule has 2 aromatic heterocycles. The van der Waals surface area contributed by atoms with Crippen molar-refractivity contribution in [3.8, 4) is 0 Å². The summed E-state index contributed by atoms with van der Waals surface area (Å²) in [5.41, 5.74) is 2.14. The Morgan fingerprint density at radius 2 is 2.32 bits per heavy atom. The van der Waals surface area contributed by atoms with E-state index in [0.29, 0.717) is 18.7 Å². The Morgan fingerprint density at radius 1 is 1.53 bits per heavy atom. The Balaban J connectivity index is 1.76. The van der Waals surface area contributed by atoms with Crippen molar-refractivity contribution < 1.29 is 8.42 Å². The maximum atomic E-state index is 11.4. The Hall–Kier alpha value is -0.920. The van der Waals surface area contributed by atoms with Crippen molar-refractivity contribution in [1.82, 2.24) is 14.7 Å². The summed E-state index contributed by atoms with van der Waals surface area (Å²) in [6.07, 6.45) is 2.80. The summed E-state index contributed by atoms with van der Waals surface area (Å²) in [7, 11) is -2.82. The van der Waals surface area contributed by atoms with Crippen molar-refractivity contribution in [2.45, 2.75) is 32.9 Å². The van der Waals surface area contributed by atoms with Crippen LogP contribution in [0.5, 0.6) is 0 Å². The third-order valence-electron chi connectivity index (χ3n) is 3.53. The van der Waals surface area contributed by atoms with Gasteiger partial charge in [-0.2, -0.15) is 0 Å². The molecule has 3 heterocycles. The average molecular weight is 299 g/mol. The fraction of sp³-hybridized carbons (Fsp3) is 0.583. The van der Waals surface area contributed by atoms with Crippen molar-refractivity contribution in [3.63, 3.8) is 0 Å². The Labute approximate surface area is 116 Å². The number of thiazole rings is 1. The molecule has 0 amide bonds. The summed E-state index contributed by atoms with van der Waals surface area (Å²) in [6.45, 7) is 4.73. The van der Waals surface area contributed by atoms with Crippen LogP contribution in [0.25, 0.3) is 4.96 Å². The number of aryl methyl sites for hydroxylation is 2. The molecule has 3 rings (SSSR count). The highest BCUT2D eigenvalue weighted by molar-refractivity contribution is 7.91. The molecule has 1 fully saturated rings. The second-order valence-corrected chi connectivity index (χ2v) is 8.56. The highest BCUT2D eigenvalue weighted by Gasteiger charge is 2.27. The number of hydrogen-bond donors (Lipinski definition) is 1. The summed E-state index contributed by atoms with van der Waals surface area (Å²) in [5, 5.41) is 3.35. The molecule has 0 spiro atoms. The molecule has 5 nitrogen and oxygen atoms in total. The van der Waals surface area contributed by atoms with E-state index in [-0.39, 0.29) is 11.8 Å². The van der Waals surface area contributed by atoms with Gasteiger partial charge in [0.25, 0.3) is 0 Å². The molecular formula is C12H17N3O2S2. The van der Waals surface area contributed by atoms with Crippen LogP contribution in [0.4, 0.5) is 0 Å². The molecule has 7 heteroatoms. The Kier molecular flexibility index (Phi) is 3.15. The van der Waals surface area contributed by atoms with Crippen LogP contribution in [0.3, 0.4) is 0 Å². The lowest BCUT2D eigenvalue weighted by atomic mass is 10.2. The zero-order chi connectivity index (χ0) is 13.6. The first-order valence-electron chi connectivity index (χ1n) is 6.32. The SMILES string of the molecule is Cc1cn2c(CNC3CCS(=O)(=O)C3)c(C)nc2s1. The maximum Gasteiger partial charge on any atom is 0.194 e. The van der Waals surface area contributed by atoms with E-state index in [9.17, 15) is 8.42 Å². The number of hydrogen-bond acceptors (Lipinski definition) is 5. The standard InChI is InChI=1S/C12H17N3O2S2/c1-8-6-15-11(9(2)14-12(15)18-8)5-13-10-3-4-19(16,17)7-10/h6,10,13H,3-5,7H2,1-2H3. The lowest BCUT2D eigenvalue weighted by molar-refractivity contribution is 0.546. The molecule has 1 saturated heterocycles. The van der Waals surface area contributed by atoms with Crippen LogP contribution in [0.1, 0.15) is 22.7 Å². The van der Waals surface area contributed by atoms with Crippen LogP contribution in [-0.4, -0.2) is 35.4 Å². The lowest BCUT2D eigenvalue weighted by Gasteiger charge is -2.10. The van der Waals surface area contributed by atoms with Gasteiger partial charge in [0, 0.05) is 23.7 Å². The molecule has 1 N–H and O–H groups in total. The van der Waals surface area contributed by atoms with Gasteiger partial charge < -0.3 is 5.32 Å². The van der Waals surface area contributed by atoms with Gasteiger partial charge in [0.2, 0.25) is 0 Å². The van der Waals surface area contributed by atoms with Crippen molar-refractivity contribution >= 4 is 26.1 Å². The molecule has 1 aliphatic rings. The van der Waals surface area contributed by atoms with Gasteiger partial charge in [0.1, 0.15) is 0 Å². The normalized spacial score (nSPS) is 22.3. The third-order valence-corrected chi connectivity index (χ3v) is 6.20. The molecular weight excluding hydrogens is 282 g/mol. The molecule has 0 bridgehead atoms. The lowest BCUT2D eigenvalue weighted by Crippen LogP contribution is -2.30. The predicted octanol–water partition coefficient (Wildman–Crippen LogP) is 1.29. The van der Waals surface area contributed by atoms with Gasteiger partial charge in [-0.1, -0.05) is 0 Å². The molecule has 1 aliphatic heterocycles. The predicted molar refractivity (Wildman–Crippen MR) is 76.4 cm³/mol. The number of sulfone groups is 1. The molecule has 1 unspecified atom stereocenters. The molecule has 0 aromatic carbocycles. The topological polar surface area (TPSA) is 63.5 Å². The maximum absolute atomic E-state index is 11.4. The van der Waals surface area contributed by atoms with Crippen LogP contribution in [0.15, 0.2) is 6.20 Å². The first-order chi connectivity index (χ1) is 8.94. The van der Waals surface area contributed by atoms with Gasteiger partial charge >= 0.3 is 0 Å². The summed E-state index contributed by atoms with van der Waals surface area (Å²) in [5.74, 6) is 0.569. The number of nitrogens with one attached hydrogen (secondary N) is 1. The molecule has 1 atom stereocenters. The van der Waals surface area contributed by atoms with Crippen LogP contribution in [0, 0.1) is 13.8 Å². The minimum absolute atomic E-state index is 0.0784. The van der Waals surface area contributed by atoms with E-state index in [1.165, 1.54) is 4.88 Å². The van der Waals surface area contributed by atoms with E-state index < -0.39 is 9.84 Å². The fourth-order valence-electron chi connectivity index (χ4n) is 2.52. The van der Waals surface area contributed by atoms with Gasteiger partial charge in [-0.05, 0) is 20.3 Å². The smallest absolute Gasteiger partial charge is 0.194 e. The van der Waals surface area contributed by atoms with E-state index >= 15 is 0 Å². The van der Waals surface area contributed by atoms with E-state index in [4.69, 9.17) is 0 Å². The van der Waals surface area contributed by atoms with Crippen LogP contribution in [0.2, 0.25) is 0 Å². The summed E-state index contributed by atoms with van der Waals surface area (Å²) < 4.78 is 25.0. The van der Waals surface area contributed by atoms with Crippen molar-refractivity contribution in [2.75, 3.05) is 11.5 Å². The number of nitrogens with zero attached hydrogens (tertiary/aromatic N) is 2. The van der Waals surface area contributed by atoms with Gasteiger partial charge in [-0.25, -0.2) is 13.4 Å². The number of rotatable bonds is 3. The monoisotopic (exact) mass is 299 g/mol. The molecule has 0 saturated carbocycles. The Bertz CT molecular complexity index is 715. The van der Waals surface area contributed by atoms with Crippen LogP contribution in [-0.2, 0) is 16.4 Å². The van der Waals surface area contributed by atoms with E-state index in [0.717, 1.165) is 16.3 Å². The van der Waals surface area contributed by atoms with E-state index in [1.54, 1.807) is 11.3 Å². The zero-order valence-electron chi connectivity index (χ0n) is 11.0. The third kappa shape index (κ3) is 2.54. The molecule has 2 aromatic rings. The second-order valence-electron chi connectivity index (χ2n) is 5.12. The minimum Gasteiger partial charge on any atom is -0.307 e. The van der Waals surface area contributed by atoms with E-state index in [2.05, 4.69) is 27.8 Å². The second kappa shape index (κ2) is 4.57. The number of aromatic nitrogens is 2. The van der Waals surface area contributed by atoms with Gasteiger partial charge in [0.05, 0.1) is 22.9 Å². The highest BCUT2D eigenvalue weighted by atomic mass is 32.2. The van der Waals surface area contributed by atoms with Gasteiger partial charge in [-0.15, -0.1) is 11.3 Å². The number of fused-ring (bicyclic) bond motifs is 1. The molecule has 0 aliphatic carbocycles. The minimum atomic E-state index is -2.82. The average Bonchev–Trinajstić information content (AvgIpc) is 2.90. The quantitative estimate of drug-likeness (QED) is 0.927. The fourth-order valence-corrected chi connectivity index (χ4v) is 5.12. The largest absolute Gasteiger partial charge is 0.307 e. The van der Waals surface area contributed by atoms with Crippen LogP contribution < -0.4 is 5.32 Å². The molecule has 0 radical (unpaired) electrons. The number of imidazole rings is 1. The van der Waals surface area contributed by atoms with Crippen molar-refractivity contribution in [2.24, 2.45) is 0 Å². The first kappa shape index (κ1) is 13.1. The zero-order valence-corrected chi connectivity index (χ0v) is 12.6. The van der Waals surface area contributed by atoms with Gasteiger partial charge in [-0.3, -0.25) is 4.40 Å². The van der Waals surface area contributed by atoms with Crippen molar-refractivity contribution in [1.29, 1.82) is 0 Å². The highest BCUT2D eigenvalue weighted by Crippen LogP contribution is 2.21. The molecule has 104 valence electrons. The summed E-state index contributed by atoms with van der Waals surface area (Å²) in [6, 6.07) is 0.0784. The van der Waals surface area contributed by atoms with Crippen LogP contribution >= 0.6 is 11.3 Å². The summed E-state index contributed by atoms with van der Waals surface area (Å²) in [4.78, 5) is 6.77. The van der Waals surface area contributed by atoms with E-state index in [1.807, 2.05) is 6.92 Å². The van der Waals surface area contributed by atoms with Gasteiger partial charge in [0.15, 0.2) is 14.8 Å². The molecule has 19 heavy (non-hydrogen) atoms.